The van der Waals surface area contributed by atoms with E-state index in [1.165, 1.54) is 30.4 Å². The van der Waals surface area contributed by atoms with Crippen LogP contribution >= 0.6 is 0 Å². The Kier molecular flexibility index (Phi) is 2.89. The van der Waals surface area contributed by atoms with Crippen LogP contribution in [0.5, 0.6) is 0 Å². The second-order valence-corrected chi connectivity index (χ2v) is 6.30. The molecule has 2 aromatic carbocycles. The summed E-state index contributed by atoms with van der Waals surface area (Å²) in [6, 6.07) is 16.4. The summed E-state index contributed by atoms with van der Waals surface area (Å²) < 4.78 is 0. The van der Waals surface area contributed by atoms with Gasteiger partial charge in [0, 0.05) is 18.5 Å². The summed E-state index contributed by atoms with van der Waals surface area (Å²) in [7, 11) is 0. The number of fused-ring (bicyclic) bond motifs is 2. The van der Waals surface area contributed by atoms with Crippen molar-refractivity contribution in [1.82, 2.24) is 5.32 Å². The Morgan fingerprint density at radius 2 is 1.95 bits per heavy atom. The Morgan fingerprint density at radius 3 is 2.85 bits per heavy atom. The van der Waals surface area contributed by atoms with E-state index in [-0.39, 0.29) is 0 Å². The quantitative estimate of drug-likeness (QED) is 0.885. The average Bonchev–Trinajstić information content (AvgIpc) is 2.82. The maximum absolute atomic E-state index is 3.81. The second-order valence-electron chi connectivity index (χ2n) is 6.30. The second kappa shape index (κ2) is 4.75. The first-order valence-corrected chi connectivity index (χ1v) is 7.72. The van der Waals surface area contributed by atoms with Crippen LogP contribution in [-0.4, -0.2) is 6.54 Å². The van der Waals surface area contributed by atoms with Crippen LogP contribution in [0.3, 0.4) is 0 Å². The van der Waals surface area contributed by atoms with Gasteiger partial charge in [0.2, 0.25) is 0 Å². The highest BCUT2D eigenvalue weighted by atomic mass is 14.9. The molecule has 0 aromatic heterocycles. The average molecular weight is 263 g/mol. The van der Waals surface area contributed by atoms with E-state index < -0.39 is 0 Å². The van der Waals surface area contributed by atoms with Gasteiger partial charge >= 0.3 is 0 Å². The molecule has 4 rings (SSSR count). The van der Waals surface area contributed by atoms with E-state index in [1.54, 1.807) is 16.7 Å². The molecule has 0 heterocycles. The molecule has 0 amide bonds. The van der Waals surface area contributed by atoms with Crippen LogP contribution in [0.25, 0.3) is 0 Å². The summed E-state index contributed by atoms with van der Waals surface area (Å²) in [4.78, 5) is 0. The van der Waals surface area contributed by atoms with Crippen molar-refractivity contribution in [3.8, 4) is 0 Å². The number of hydrogen-bond acceptors (Lipinski definition) is 1. The highest BCUT2D eigenvalue weighted by molar-refractivity contribution is 5.41. The van der Waals surface area contributed by atoms with Gasteiger partial charge in [-0.25, -0.2) is 0 Å². The molecular formula is C19H21N. The van der Waals surface area contributed by atoms with Crippen LogP contribution in [0.4, 0.5) is 0 Å². The van der Waals surface area contributed by atoms with Gasteiger partial charge in [-0.05, 0) is 48.4 Å². The molecule has 0 bridgehead atoms. The van der Waals surface area contributed by atoms with Crippen LogP contribution in [0, 0.1) is 6.92 Å². The zero-order valence-electron chi connectivity index (χ0n) is 12.0. The van der Waals surface area contributed by atoms with Crippen molar-refractivity contribution in [2.45, 2.75) is 38.1 Å². The Labute approximate surface area is 121 Å². The molecule has 1 N–H and O–H groups in total. The highest BCUT2D eigenvalue weighted by Crippen LogP contribution is 2.36. The summed E-state index contributed by atoms with van der Waals surface area (Å²) in [5, 5.41) is 3.81. The maximum Gasteiger partial charge on any atom is 0.0326 e. The molecule has 2 aliphatic carbocycles. The Balaban J connectivity index is 1.44. The molecular weight excluding hydrogens is 242 g/mol. The van der Waals surface area contributed by atoms with Crippen LogP contribution in [0.2, 0.25) is 0 Å². The fraction of sp³-hybridized carbons (Fsp3) is 0.368. The molecule has 2 atom stereocenters. The lowest BCUT2D eigenvalue weighted by molar-refractivity contribution is 0.467. The van der Waals surface area contributed by atoms with Crippen molar-refractivity contribution in [1.29, 1.82) is 0 Å². The van der Waals surface area contributed by atoms with Gasteiger partial charge < -0.3 is 5.32 Å². The van der Waals surface area contributed by atoms with Gasteiger partial charge in [-0.2, -0.15) is 0 Å². The molecule has 0 saturated carbocycles. The van der Waals surface area contributed by atoms with Crippen molar-refractivity contribution in [2.24, 2.45) is 0 Å². The normalized spacial score (nSPS) is 23.1. The van der Waals surface area contributed by atoms with E-state index in [0.717, 1.165) is 12.5 Å². The fourth-order valence-electron chi connectivity index (χ4n) is 3.76. The number of hydrogen-bond donors (Lipinski definition) is 1. The van der Waals surface area contributed by atoms with Gasteiger partial charge in [0.05, 0.1) is 0 Å². The van der Waals surface area contributed by atoms with E-state index in [0.29, 0.717) is 6.04 Å². The minimum atomic E-state index is 0.567. The number of nitrogens with one attached hydrogen (secondary N) is 1. The molecule has 0 spiro atoms. The highest BCUT2D eigenvalue weighted by Gasteiger charge is 2.28. The van der Waals surface area contributed by atoms with Crippen LogP contribution < -0.4 is 5.32 Å². The van der Waals surface area contributed by atoms with Gasteiger partial charge in [-0.15, -0.1) is 0 Å². The predicted molar refractivity (Wildman–Crippen MR) is 83.1 cm³/mol. The van der Waals surface area contributed by atoms with Crippen molar-refractivity contribution in [3.63, 3.8) is 0 Å². The predicted octanol–water partition coefficient (Wildman–Crippen LogP) is 3.91. The minimum Gasteiger partial charge on any atom is -0.309 e. The van der Waals surface area contributed by atoms with Crippen molar-refractivity contribution in [3.05, 3.63) is 70.3 Å². The van der Waals surface area contributed by atoms with E-state index in [9.17, 15) is 0 Å². The molecule has 1 heteroatoms. The van der Waals surface area contributed by atoms with Gasteiger partial charge in [-0.1, -0.05) is 48.0 Å². The van der Waals surface area contributed by atoms with Crippen LogP contribution in [-0.2, 0) is 12.8 Å². The van der Waals surface area contributed by atoms with Crippen molar-refractivity contribution < 1.29 is 0 Å². The number of rotatable bonds is 3. The molecule has 0 saturated heterocycles. The largest absolute Gasteiger partial charge is 0.309 e. The molecule has 1 nitrogen and oxygen atoms in total. The molecule has 2 aliphatic rings. The Morgan fingerprint density at radius 1 is 1.05 bits per heavy atom. The molecule has 2 unspecified atom stereocenters. The topological polar surface area (TPSA) is 12.0 Å². The molecule has 0 fully saturated rings. The van der Waals surface area contributed by atoms with Crippen LogP contribution in [0.1, 0.15) is 46.2 Å². The summed E-state index contributed by atoms with van der Waals surface area (Å²) >= 11 is 0. The van der Waals surface area contributed by atoms with Crippen molar-refractivity contribution >= 4 is 0 Å². The summed E-state index contributed by atoms with van der Waals surface area (Å²) in [6.45, 7) is 3.31. The monoisotopic (exact) mass is 263 g/mol. The molecule has 2 aromatic rings. The molecule has 102 valence electrons. The SMILES string of the molecule is Cc1ccc2c(c1)C(NCC1Cc3ccccc31)CC2. The first kappa shape index (κ1) is 12.2. The van der Waals surface area contributed by atoms with Gasteiger partial charge in [0.15, 0.2) is 0 Å². The third-order valence-electron chi connectivity index (χ3n) is 4.95. The first-order valence-electron chi connectivity index (χ1n) is 7.72. The van der Waals surface area contributed by atoms with Gasteiger partial charge in [-0.3, -0.25) is 0 Å². The molecule has 0 aliphatic heterocycles. The van der Waals surface area contributed by atoms with Gasteiger partial charge in [0.25, 0.3) is 0 Å². The first-order chi connectivity index (χ1) is 9.81. The van der Waals surface area contributed by atoms with Gasteiger partial charge in [0.1, 0.15) is 0 Å². The smallest absolute Gasteiger partial charge is 0.0326 e. The van der Waals surface area contributed by atoms with E-state index in [1.807, 2.05) is 0 Å². The lowest BCUT2D eigenvalue weighted by atomic mass is 9.77. The Bertz CT molecular complexity index is 644. The standard InChI is InChI=1S/C19H21N/c1-13-6-7-14-8-9-19(18(14)10-13)20-12-16-11-15-4-2-3-5-17(15)16/h2-7,10,16,19-20H,8-9,11-12H2,1H3. The maximum atomic E-state index is 3.81. The van der Waals surface area contributed by atoms with E-state index in [4.69, 9.17) is 0 Å². The van der Waals surface area contributed by atoms with E-state index in [2.05, 4.69) is 54.7 Å². The third-order valence-corrected chi connectivity index (χ3v) is 4.95. The summed E-state index contributed by atoms with van der Waals surface area (Å²) in [5.41, 5.74) is 7.57. The lowest BCUT2D eigenvalue weighted by Crippen LogP contribution is -2.31. The fourth-order valence-corrected chi connectivity index (χ4v) is 3.76. The number of benzene rings is 2. The summed E-state index contributed by atoms with van der Waals surface area (Å²) in [5.74, 6) is 0.722. The number of aryl methyl sites for hydroxylation is 2. The minimum absolute atomic E-state index is 0.567. The molecule has 0 radical (unpaired) electrons. The summed E-state index contributed by atoms with van der Waals surface area (Å²) in [6.07, 6.45) is 3.73. The zero-order valence-corrected chi connectivity index (χ0v) is 12.0. The van der Waals surface area contributed by atoms with Crippen LogP contribution in [0.15, 0.2) is 42.5 Å². The van der Waals surface area contributed by atoms with E-state index >= 15 is 0 Å². The molecule has 20 heavy (non-hydrogen) atoms. The lowest BCUT2D eigenvalue weighted by Gasteiger charge is -2.31. The zero-order chi connectivity index (χ0) is 13.5. The Hall–Kier alpha value is -1.60. The third kappa shape index (κ3) is 1.97. The van der Waals surface area contributed by atoms with Crippen molar-refractivity contribution in [2.75, 3.05) is 6.54 Å².